The highest BCUT2D eigenvalue weighted by Gasteiger charge is 2.45. The second-order valence-corrected chi connectivity index (χ2v) is 15.3. The zero-order chi connectivity index (χ0) is 37.3. The topological polar surface area (TPSA) is 186 Å². The Hall–Kier alpha value is -4.79. The van der Waals surface area contributed by atoms with Gasteiger partial charge in [-0.3, -0.25) is 14.5 Å². The number of imide groups is 1. The minimum absolute atomic E-state index is 0.00130. The number of aliphatic hydroxyl groups excluding tert-OH is 1. The van der Waals surface area contributed by atoms with E-state index in [4.69, 9.17) is 10.9 Å². The fourth-order valence-corrected chi connectivity index (χ4v) is 7.73. The Morgan fingerprint density at radius 3 is 2.27 bits per heavy atom. The van der Waals surface area contributed by atoms with Crippen LogP contribution in [0.5, 0.6) is 0 Å². The van der Waals surface area contributed by atoms with Gasteiger partial charge in [-0.05, 0) is 59.2 Å². The van der Waals surface area contributed by atoms with Crippen molar-refractivity contribution in [3.05, 3.63) is 95.6 Å². The molecule has 4 rings (SSSR count). The molecule has 3 aromatic rings. The number of nitrogens with zero attached hydrogens (tertiary/aromatic N) is 4. The lowest BCUT2D eigenvalue weighted by Gasteiger charge is -2.34. The van der Waals surface area contributed by atoms with Gasteiger partial charge in [0, 0.05) is 18.8 Å². The van der Waals surface area contributed by atoms with Crippen LogP contribution in [0, 0.1) is 11.8 Å². The van der Waals surface area contributed by atoms with Crippen LogP contribution in [0.1, 0.15) is 50.8 Å². The highest BCUT2D eigenvalue weighted by molar-refractivity contribution is 7.89. The number of amides is 4. The van der Waals surface area contributed by atoms with Crippen LogP contribution in [0.3, 0.4) is 0 Å². The zero-order valence-corrected chi connectivity index (χ0v) is 30.2. The standard InChI is InChI=1S/C37H48N6O7S/c1-5-26(4)35(43-24-34(45)42(37(43)47)22-29-12-9-13-30(38)18-29)36(46)40-32(19-27-10-7-6-8-11-27)33(44)23-41(21-25(2)3)51(49,50)31-16-14-28(15-17-31)20-39-48/h6-18,20,25-26,32-33,35,44,48H,5,19,21-24,38H2,1-4H3,(H,40,46)/t26-,32-,33+,35-/m0/s1. The van der Waals surface area contributed by atoms with Gasteiger partial charge in [0.1, 0.15) is 12.6 Å². The summed E-state index contributed by atoms with van der Waals surface area (Å²) in [6.45, 7) is 6.89. The predicted octanol–water partition coefficient (Wildman–Crippen LogP) is 3.69. The number of anilines is 1. The van der Waals surface area contributed by atoms with Gasteiger partial charge < -0.3 is 26.3 Å². The van der Waals surface area contributed by atoms with Gasteiger partial charge in [0.05, 0.1) is 29.8 Å². The quantitative estimate of drug-likeness (QED) is 0.0535. The maximum Gasteiger partial charge on any atom is 0.328 e. The molecule has 0 bridgehead atoms. The van der Waals surface area contributed by atoms with E-state index in [9.17, 15) is 27.9 Å². The van der Waals surface area contributed by atoms with Gasteiger partial charge in [0.25, 0.3) is 5.91 Å². The lowest BCUT2D eigenvalue weighted by Crippen LogP contribution is -2.57. The molecular weight excluding hydrogens is 673 g/mol. The van der Waals surface area contributed by atoms with Crippen LogP contribution in [-0.4, -0.2) is 94.7 Å². The molecule has 4 atom stereocenters. The van der Waals surface area contributed by atoms with Crippen LogP contribution >= 0.6 is 0 Å². The van der Waals surface area contributed by atoms with Crippen LogP contribution in [0.25, 0.3) is 0 Å². The third-order valence-corrected chi connectivity index (χ3v) is 10.8. The average molecular weight is 721 g/mol. The van der Waals surface area contributed by atoms with E-state index in [1.807, 2.05) is 58.0 Å². The van der Waals surface area contributed by atoms with Gasteiger partial charge in [-0.25, -0.2) is 13.2 Å². The Bertz CT molecular complexity index is 1790. The molecular formula is C37H48N6O7S. The first-order chi connectivity index (χ1) is 24.2. The molecule has 1 fully saturated rings. The van der Waals surface area contributed by atoms with Gasteiger partial charge in [0.15, 0.2) is 0 Å². The molecule has 274 valence electrons. The van der Waals surface area contributed by atoms with Gasteiger partial charge in [-0.1, -0.05) is 93.9 Å². The monoisotopic (exact) mass is 720 g/mol. The first-order valence-electron chi connectivity index (χ1n) is 17.0. The number of carbonyl (C=O) groups excluding carboxylic acids is 3. The summed E-state index contributed by atoms with van der Waals surface area (Å²) in [6.07, 6.45) is 0.496. The Labute approximate surface area is 299 Å². The molecule has 0 saturated carbocycles. The van der Waals surface area contributed by atoms with Crippen LogP contribution in [-0.2, 0) is 32.6 Å². The molecule has 0 aliphatic carbocycles. The van der Waals surface area contributed by atoms with E-state index in [-0.39, 0.29) is 49.3 Å². The lowest BCUT2D eigenvalue weighted by molar-refractivity contribution is -0.129. The van der Waals surface area contributed by atoms with Gasteiger partial charge in [-0.15, -0.1) is 0 Å². The molecule has 51 heavy (non-hydrogen) atoms. The summed E-state index contributed by atoms with van der Waals surface area (Å²) < 4.78 is 29.0. The number of urea groups is 1. The number of nitrogens with one attached hydrogen (secondary N) is 1. The second-order valence-electron chi connectivity index (χ2n) is 13.4. The van der Waals surface area contributed by atoms with E-state index in [2.05, 4.69) is 10.5 Å². The van der Waals surface area contributed by atoms with Crippen molar-refractivity contribution in [2.24, 2.45) is 17.0 Å². The first-order valence-corrected chi connectivity index (χ1v) is 18.4. The van der Waals surface area contributed by atoms with Gasteiger partial charge in [0.2, 0.25) is 15.9 Å². The molecule has 1 aliphatic heterocycles. The molecule has 1 heterocycles. The van der Waals surface area contributed by atoms with Crippen molar-refractivity contribution >= 4 is 39.8 Å². The number of nitrogen functional groups attached to an aromatic ring is 1. The largest absolute Gasteiger partial charge is 0.411 e. The van der Waals surface area contributed by atoms with E-state index in [1.165, 1.54) is 39.7 Å². The van der Waals surface area contributed by atoms with E-state index in [1.54, 1.807) is 24.3 Å². The fourth-order valence-electron chi connectivity index (χ4n) is 6.11. The van der Waals surface area contributed by atoms with E-state index in [0.29, 0.717) is 23.2 Å². The molecule has 13 nitrogen and oxygen atoms in total. The zero-order valence-electron chi connectivity index (χ0n) is 29.4. The summed E-state index contributed by atoms with van der Waals surface area (Å²) in [4.78, 5) is 43.5. The Kier molecular flexibility index (Phi) is 13.3. The molecule has 1 aliphatic rings. The number of oxime groups is 1. The molecule has 1 saturated heterocycles. The summed E-state index contributed by atoms with van der Waals surface area (Å²) in [5, 5.41) is 26.5. The molecule has 4 amide bonds. The van der Waals surface area contributed by atoms with Crippen LogP contribution < -0.4 is 11.1 Å². The van der Waals surface area contributed by atoms with E-state index in [0.717, 1.165) is 10.5 Å². The summed E-state index contributed by atoms with van der Waals surface area (Å²) in [5.74, 6) is -1.47. The Balaban J connectivity index is 1.62. The predicted molar refractivity (Wildman–Crippen MR) is 194 cm³/mol. The van der Waals surface area contributed by atoms with Gasteiger partial charge >= 0.3 is 6.03 Å². The number of nitrogens with two attached hydrogens (primary N) is 1. The summed E-state index contributed by atoms with van der Waals surface area (Å²) in [7, 11) is -4.10. The third kappa shape index (κ3) is 9.93. The number of hydrogen-bond donors (Lipinski definition) is 4. The number of hydrogen-bond acceptors (Lipinski definition) is 9. The number of benzene rings is 3. The summed E-state index contributed by atoms with van der Waals surface area (Å²) in [5.41, 5.74) is 8.36. The van der Waals surface area contributed by atoms with Crippen molar-refractivity contribution in [2.45, 2.75) is 70.2 Å². The molecule has 5 N–H and O–H groups in total. The average Bonchev–Trinajstić information content (AvgIpc) is 3.36. The molecule has 3 aromatic carbocycles. The van der Waals surface area contributed by atoms with Crippen molar-refractivity contribution < 1.29 is 33.1 Å². The van der Waals surface area contributed by atoms with Crippen molar-refractivity contribution in [3.63, 3.8) is 0 Å². The maximum atomic E-state index is 14.2. The number of sulfonamides is 1. The molecule has 0 aromatic heterocycles. The molecule has 0 spiro atoms. The molecule has 0 unspecified atom stereocenters. The van der Waals surface area contributed by atoms with Crippen LogP contribution in [0.2, 0.25) is 0 Å². The van der Waals surface area contributed by atoms with E-state index >= 15 is 0 Å². The normalized spacial score (nSPS) is 16.2. The van der Waals surface area contributed by atoms with Gasteiger partial charge in [-0.2, -0.15) is 4.31 Å². The van der Waals surface area contributed by atoms with Crippen molar-refractivity contribution in [2.75, 3.05) is 25.4 Å². The minimum atomic E-state index is -4.10. The second kappa shape index (κ2) is 17.4. The number of rotatable bonds is 17. The highest BCUT2D eigenvalue weighted by atomic mass is 32.2. The van der Waals surface area contributed by atoms with Crippen LogP contribution in [0.15, 0.2) is 88.9 Å². The smallest absolute Gasteiger partial charge is 0.328 e. The highest BCUT2D eigenvalue weighted by Crippen LogP contribution is 2.25. The number of aliphatic hydroxyl groups is 1. The Morgan fingerprint density at radius 2 is 1.67 bits per heavy atom. The van der Waals surface area contributed by atoms with Crippen molar-refractivity contribution in [3.8, 4) is 0 Å². The lowest BCUT2D eigenvalue weighted by atomic mass is 9.95. The minimum Gasteiger partial charge on any atom is -0.411 e. The van der Waals surface area contributed by atoms with Crippen LogP contribution in [0.4, 0.5) is 10.5 Å². The fraction of sp³-hybridized carbons (Fsp3) is 0.405. The molecule has 0 radical (unpaired) electrons. The number of carbonyl (C=O) groups is 3. The van der Waals surface area contributed by atoms with Crippen molar-refractivity contribution in [1.82, 2.24) is 19.4 Å². The van der Waals surface area contributed by atoms with E-state index < -0.39 is 46.1 Å². The summed E-state index contributed by atoms with van der Waals surface area (Å²) >= 11 is 0. The SMILES string of the molecule is CC[C@H](C)[C@@H](C(=O)N[C@@H](Cc1ccccc1)[C@H](O)CN(CC(C)C)S(=O)(=O)c1ccc(C=NO)cc1)N1CC(=O)N(Cc2cccc(N)c2)C1=O. The van der Waals surface area contributed by atoms with Crippen molar-refractivity contribution in [1.29, 1.82) is 0 Å². The summed E-state index contributed by atoms with van der Waals surface area (Å²) in [6, 6.07) is 19.3. The third-order valence-electron chi connectivity index (χ3n) is 8.94. The Morgan fingerprint density at radius 1 is 1.00 bits per heavy atom. The maximum absolute atomic E-state index is 14.2. The first kappa shape index (κ1) is 39.0. The molecule has 14 heteroatoms.